The Labute approximate surface area is 89.3 Å². The zero-order valence-electron chi connectivity index (χ0n) is 8.79. The molecular weight excluding hydrogens is 192 g/mol. The first-order valence-corrected chi connectivity index (χ1v) is 5.02. The highest BCUT2D eigenvalue weighted by molar-refractivity contribution is 5.73. The summed E-state index contributed by atoms with van der Waals surface area (Å²) in [5.74, 6) is 0.273. The van der Waals surface area contributed by atoms with Crippen molar-refractivity contribution in [2.75, 3.05) is 13.1 Å². The van der Waals surface area contributed by atoms with Crippen LogP contribution in [0.5, 0.6) is 5.75 Å². The molecule has 0 saturated heterocycles. The molecule has 0 spiro atoms. The van der Waals surface area contributed by atoms with Crippen LogP contribution < -0.4 is 10.6 Å². The number of aromatic hydroxyl groups is 1. The molecule has 1 aromatic carbocycles. The predicted octanol–water partition coefficient (Wildman–Crippen LogP) is 1.25. The van der Waals surface area contributed by atoms with Gasteiger partial charge in [-0.25, -0.2) is 4.79 Å². The minimum atomic E-state index is -0.173. The number of nitrogens with one attached hydrogen (secondary N) is 2. The van der Waals surface area contributed by atoms with Crippen LogP contribution in [-0.4, -0.2) is 24.2 Å². The fourth-order valence-electron chi connectivity index (χ4n) is 1.26. The van der Waals surface area contributed by atoms with Gasteiger partial charge in [0, 0.05) is 13.1 Å². The first kappa shape index (κ1) is 11.4. The molecule has 0 unspecified atom stereocenters. The van der Waals surface area contributed by atoms with E-state index in [0.717, 1.165) is 5.56 Å². The van der Waals surface area contributed by atoms with Crippen molar-refractivity contribution in [2.24, 2.45) is 0 Å². The van der Waals surface area contributed by atoms with Crippen LogP contribution in [0.4, 0.5) is 4.79 Å². The fraction of sp³-hybridized carbons (Fsp3) is 0.364. The molecule has 0 aromatic heterocycles. The van der Waals surface area contributed by atoms with Gasteiger partial charge in [0.05, 0.1) is 0 Å². The molecule has 1 aromatic rings. The zero-order valence-corrected chi connectivity index (χ0v) is 8.79. The molecule has 15 heavy (non-hydrogen) atoms. The molecule has 0 saturated carbocycles. The van der Waals surface area contributed by atoms with Crippen LogP contribution in [-0.2, 0) is 6.42 Å². The topological polar surface area (TPSA) is 61.4 Å². The van der Waals surface area contributed by atoms with Crippen molar-refractivity contribution in [1.82, 2.24) is 10.6 Å². The summed E-state index contributed by atoms with van der Waals surface area (Å²) < 4.78 is 0. The number of rotatable bonds is 4. The molecule has 0 heterocycles. The highest BCUT2D eigenvalue weighted by Crippen LogP contribution is 2.15. The average Bonchev–Trinajstić information content (AvgIpc) is 2.21. The Morgan fingerprint density at radius 2 is 2.07 bits per heavy atom. The van der Waals surface area contributed by atoms with Crippen molar-refractivity contribution < 1.29 is 9.90 Å². The predicted molar refractivity (Wildman–Crippen MR) is 58.9 cm³/mol. The lowest BCUT2D eigenvalue weighted by Gasteiger charge is -2.06. The van der Waals surface area contributed by atoms with E-state index in [1.165, 1.54) is 0 Å². The Bertz CT molecular complexity index is 326. The number of benzene rings is 1. The number of carbonyl (C=O) groups is 1. The summed E-state index contributed by atoms with van der Waals surface area (Å²) in [5.41, 5.74) is 0.842. The number of urea groups is 1. The van der Waals surface area contributed by atoms with Crippen molar-refractivity contribution in [3.8, 4) is 5.75 Å². The van der Waals surface area contributed by atoms with E-state index in [4.69, 9.17) is 0 Å². The van der Waals surface area contributed by atoms with Crippen LogP contribution in [0.15, 0.2) is 24.3 Å². The lowest BCUT2D eigenvalue weighted by molar-refractivity contribution is 0.241. The lowest BCUT2D eigenvalue weighted by atomic mass is 10.1. The Hall–Kier alpha value is -1.71. The molecule has 0 radical (unpaired) electrons. The summed E-state index contributed by atoms with van der Waals surface area (Å²) in [4.78, 5) is 11.0. The monoisotopic (exact) mass is 208 g/mol. The largest absolute Gasteiger partial charge is 0.508 e. The van der Waals surface area contributed by atoms with Gasteiger partial charge < -0.3 is 15.7 Å². The summed E-state index contributed by atoms with van der Waals surface area (Å²) >= 11 is 0. The van der Waals surface area contributed by atoms with Crippen LogP contribution in [0.25, 0.3) is 0 Å². The minimum Gasteiger partial charge on any atom is -0.508 e. The smallest absolute Gasteiger partial charge is 0.314 e. The maximum absolute atomic E-state index is 11.0. The summed E-state index contributed by atoms with van der Waals surface area (Å²) in [5, 5.41) is 14.8. The van der Waals surface area contributed by atoms with Gasteiger partial charge in [0.1, 0.15) is 5.75 Å². The molecule has 3 N–H and O–H groups in total. The average molecular weight is 208 g/mol. The quantitative estimate of drug-likeness (QED) is 0.697. The molecule has 1 rings (SSSR count). The van der Waals surface area contributed by atoms with Crippen LogP contribution in [0.2, 0.25) is 0 Å². The van der Waals surface area contributed by atoms with Crippen molar-refractivity contribution >= 4 is 6.03 Å². The second-order valence-electron chi connectivity index (χ2n) is 3.16. The molecule has 0 fully saturated rings. The van der Waals surface area contributed by atoms with E-state index in [1.54, 1.807) is 12.1 Å². The molecule has 4 heteroatoms. The van der Waals surface area contributed by atoms with Crippen molar-refractivity contribution in [3.63, 3.8) is 0 Å². The van der Waals surface area contributed by atoms with E-state index < -0.39 is 0 Å². The Balaban J connectivity index is 2.32. The maximum Gasteiger partial charge on any atom is 0.314 e. The molecule has 2 amide bonds. The van der Waals surface area contributed by atoms with Crippen LogP contribution in [0, 0.1) is 0 Å². The summed E-state index contributed by atoms with van der Waals surface area (Å²) in [6.45, 7) is 2.99. The minimum absolute atomic E-state index is 0.173. The van der Waals surface area contributed by atoms with E-state index in [9.17, 15) is 9.90 Å². The van der Waals surface area contributed by atoms with E-state index in [2.05, 4.69) is 10.6 Å². The molecule has 4 nitrogen and oxygen atoms in total. The van der Waals surface area contributed by atoms with Gasteiger partial charge in [-0.3, -0.25) is 0 Å². The van der Waals surface area contributed by atoms with E-state index >= 15 is 0 Å². The number of hydrogen-bond acceptors (Lipinski definition) is 2. The zero-order chi connectivity index (χ0) is 11.1. The van der Waals surface area contributed by atoms with Crippen LogP contribution in [0.1, 0.15) is 12.5 Å². The second kappa shape index (κ2) is 5.90. The van der Waals surface area contributed by atoms with Crippen molar-refractivity contribution in [1.29, 1.82) is 0 Å². The maximum atomic E-state index is 11.0. The van der Waals surface area contributed by atoms with Gasteiger partial charge in [0.2, 0.25) is 0 Å². The van der Waals surface area contributed by atoms with Crippen molar-refractivity contribution in [3.05, 3.63) is 29.8 Å². The highest BCUT2D eigenvalue weighted by atomic mass is 16.3. The normalized spacial score (nSPS) is 9.67. The lowest BCUT2D eigenvalue weighted by Crippen LogP contribution is -2.36. The molecule has 0 bridgehead atoms. The van der Waals surface area contributed by atoms with Gasteiger partial charge in [0.25, 0.3) is 0 Å². The third kappa shape index (κ3) is 3.89. The van der Waals surface area contributed by atoms with Gasteiger partial charge in [-0.2, -0.15) is 0 Å². The number of phenolic OH excluding ortho intramolecular Hbond substituents is 1. The summed E-state index contributed by atoms with van der Waals surface area (Å²) in [6, 6.07) is 6.95. The first-order chi connectivity index (χ1) is 7.24. The second-order valence-corrected chi connectivity index (χ2v) is 3.16. The standard InChI is InChI=1S/C11H16N2O2/c1-2-12-11(15)13-8-7-9-5-3-4-6-10(9)14/h3-6,14H,2,7-8H2,1H3,(H2,12,13,15). The van der Waals surface area contributed by atoms with E-state index in [1.807, 2.05) is 19.1 Å². The van der Waals surface area contributed by atoms with E-state index in [-0.39, 0.29) is 11.8 Å². The first-order valence-electron chi connectivity index (χ1n) is 5.02. The van der Waals surface area contributed by atoms with Crippen molar-refractivity contribution in [2.45, 2.75) is 13.3 Å². The van der Waals surface area contributed by atoms with Gasteiger partial charge in [-0.15, -0.1) is 0 Å². The Morgan fingerprint density at radius 3 is 2.73 bits per heavy atom. The third-order valence-electron chi connectivity index (χ3n) is 2.01. The Kier molecular flexibility index (Phi) is 4.47. The SMILES string of the molecule is CCNC(=O)NCCc1ccccc1O. The third-order valence-corrected chi connectivity index (χ3v) is 2.01. The molecule has 0 aliphatic heterocycles. The number of amides is 2. The van der Waals surface area contributed by atoms with E-state index in [0.29, 0.717) is 19.5 Å². The molecule has 82 valence electrons. The number of hydrogen-bond donors (Lipinski definition) is 3. The summed E-state index contributed by atoms with van der Waals surface area (Å²) in [6.07, 6.45) is 0.629. The molecule has 0 aliphatic carbocycles. The fourth-order valence-corrected chi connectivity index (χ4v) is 1.26. The van der Waals surface area contributed by atoms with Gasteiger partial charge in [-0.1, -0.05) is 18.2 Å². The molecular formula is C11H16N2O2. The van der Waals surface area contributed by atoms with Gasteiger partial charge in [-0.05, 0) is 25.0 Å². The number of carbonyl (C=O) groups excluding carboxylic acids is 1. The van der Waals surface area contributed by atoms with Gasteiger partial charge in [0.15, 0.2) is 0 Å². The summed E-state index contributed by atoms with van der Waals surface area (Å²) in [7, 11) is 0. The number of phenols is 1. The van der Waals surface area contributed by atoms with Gasteiger partial charge >= 0.3 is 6.03 Å². The molecule has 0 aliphatic rings. The van der Waals surface area contributed by atoms with Crippen LogP contribution >= 0.6 is 0 Å². The highest BCUT2D eigenvalue weighted by Gasteiger charge is 2.00. The Morgan fingerprint density at radius 1 is 1.33 bits per heavy atom. The van der Waals surface area contributed by atoms with Crippen LogP contribution in [0.3, 0.4) is 0 Å². The number of para-hydroxylation sites is 1. The molecule has 0 atom stereocenters.